The van der Waals surface area contributed by atoms with Crippen LogP contribution in [0.3, 0.4) is 0 Å². The van der Waals surface area contributed by atoms with Gasteiger partial charge in [-0.05, 0) is 49.7 Å². The highest BCUT2D eigenvalue weighted by Gasteiger charge is 2.14. The van der Waals surface area contributed by atoms with Gasteiger partial charge >= 0.3 is 0 Å². The maximum Gasteiger partial charge on any atom is 0.224 e. The molecule has 0 aliphatic carbocycles. The van der Waals surface area contributed by atoms with Gasteiger partial charge in [-0.25, -0.2) is 0 Å². The van der Waals surface area contributed by atoms with E-state index in [1.165, 1.54) is 5.56 Å². The highest BCUT2D eigenvalue weighted by Crippen LogP contribution is 2.26. The third-order valence-electron chi connectivity index (χ3n) is 2.99. The molecule has 0 spiro atoms. The molecule has 2 rings (SSSR count). The Morgan fingerprint density at radius 2 is 2.28 bits per heavy atom. The number of ether oxygens (including phenoxy) is 1. The summed E-state index contributed by atoms with van der Waals surface area (Å²) >= 11 is 0. The van der Waals surface area contributed by atoms with Gasteiger partial charge in [-0.1, -0.05) is 6.92 Å². The minimum absolute atomic E-state index is 0.0989. The predicted molar refractivity (Wildman–Crippen MR) is 72.0 cm³/mol. The Bertz CT molecular complexity index is 418. The van der Waals surface area contributed by atoms with Crippen molar-refractivity contribution in [1.29, 1.82) is 0 Å². The van der Waals surface area contributed by atoms with E-state index in [9.17, 15) is 4.79 Å². The van der Waals surface area contributed by atoms with Gasteiger partial charge in [0.15, 0.2) is 0 Å². The second-order valence-electron chi connectivity index (χ2n) is 4.42. The first kappa shape index (κ1) is 12.9. The first-order chi connectivity index (χ1) is 8.79. The summed E-state index contributed by atoms with van der Waals surface area (Å²) in [6, 6.07) is 5.87. The van der Waals surface area contributed by atoms with E-state index in [2.05, 4.69) is 17.6 Å². The first-order valence-electron chi connectivity index (χ1n) is 6.56. The van der Waals surface area contributed by atoms with E-state index in [1.54, 1.807) is 0 Å². The summed E-state index contributed by atoms with van der Waals surface area (Å²) < 4.78 is 5.69. The fraction of sp³-hybridized carbons (Fsp3) is 0.500. The maximum absolute atomic E-state index is 11.2. The Hall–Kier alpha value is -1.55. The van der Waals surface area contributed by atoms with Gasteiger partial charge in [0.25, 0.3) is 0 Å². The molecule has 98 valence electrons. The second-order valence-corrected chi connectivity index (χ2v) is 4.42. The third-order valence-corrected chi connectivity index (χ3v) is 2.99. The van der Waals surface area contributed by atoms with Gasteiger partial charge in [0.2, 0.25) is 5.91 Å². The molecular weight excluding hydrogens is 228 g/mol. The minimum Gasteiger partial charge on any atom is -0.494 e. The van der Waals surface area contributed by atoms with Crippen LogP contribution >= 0.6 is 0 Å². The number of hydrogen-bond acceptors (Lipinski definition) is 3. The van der Waals surface area contributed by atoms with Crippen LogP contribution in [0.15, 0.2) is 18.2 Å². The number of nitrogens with one attached hydrogen (secondary N) is 2. The van der Waals surface area contributed by atoms with Crippen LogP contribution in [-0.4, -0.2) is 25.6 Å². The first-order valence-corrected chi connectivity index (χ1v) is 6.56. The molecule has 4 heteroatoms. The molecule has 1 aliphatic rings. The number of amides is 1. The summed E-state index contributed by atoms with van der Waals surface area (Å²) in [4.78, 5) is 11.2. The van der Waals surface area contributed by atoms with Crippen LogP contribution in [0.25, 0.3) is 0 Å². The van der Waals surface area contributed by atoms with Crippen LogP contribution < -0.4 is 15.4 Å². The summed E-state index contributed by atoms with van der Waals surface area (Å²) in [5.41, 5.74) is 2.09. The average Bonchev–Trinajstić information content (AvgIpc) is 2.38. The highest BCUT2D eigenvalue weighted by atomic mass is 16.5. The van der Waals surface area contributed by atoms with Crippen molar-refractivity contribution in [3.63, 3.8) is 0 Å². The van der Waals surface area contributed by atoms with Gasteiger partial charge in [-0.3, -0.25) is 4.79 Å². The zero-order valence-corrected chi connectivity index (χ0v) is 10.8. The number of anilines is 1. The number of carbonyl (C=O) groups excluding carboxylic acids is 1. The molecule has 4 nitrogen and oxygen atoms in total. The normalized spacial score (nSPS) is 13.9. The Labute approximate surface area is 108 Å². The van der Waals surface area contributed by atoms with Gasteiger partial charge < -0.3 is 15.4 Å². The lowest BCUT2D eigenvalue weighted by Gasteiger charge is -2.17. The van der Waals surface area contributed by atoms with Crippen LogP contribution in [0, 0.1) is 0 Å². The topological polar surface area (TPSA) is 50.4 Å². The van der Waals surface area contributed by atoms with E-state index in [4.69, 9.17) is 4.74 Å². The molecule has 0 aromatic heterocycles. The van der Waals surface area contributed by atoms with Crippen molar-refractivity contribution < 1.29 is 9.53 Å². The molecular formula is C14H20N2O2. The number of fused-ring (bicyclic) bond motifs is 1. The van der Waals surface area contributed by atoms with E-state index >= 15 is 0 Å². The predicted octanol–water partition coefficient (Wildman–Crippen LogP) is 1.95. The van der Waals surface area contributed by atoms with E-state index in [0.29, 0.717) is 6.42 Å². The van der Waals surface area contributed by atoms with Gasteiger partial charge in [-0.15, -0.1) is 0 Å². The molecule has 0 bridgehead atoms. The quantitative estimate of drug-likeness (QED) is 0.757. The SMILES string of the molecule is CCNCCCOc1ccc2c(c1)CCC(=O)N2. The Morgan fingerprint density at radius 1 is 1.39 bits per heavy atom. The summed E-state index contributed by atoms with van der Waals surface area (Å²) in [5, 5.41) is 6.13. The van der Waals surface area contributed by atoms with Gasteiger partial charge in [0, 0.05) is 12.1 Å². The number of carbonyl (C=O) groups is 1. The van der Waals surface area contributed by atoms with E-state index < -0.39 is 0 Å². The number of rotatable bonds is 6. The molecule has 0 saturated carbocycles. The summed E-state index contributed by atoms with van der Waals surface area (Å²) in [6.07, 6.45) is 2.37. The van der Waals surface area contributed by atoms with Gasteiger partial charge in [-0.2, -0.15) is 0 Å². The standard InChI is InChI=1S/C14H20N2O2/c1-2-15-8-3-9-18-12-5-6-13-11(10-12)4-7-14(17)16-13/h5-6,10,15H,2-4,7-9H2,1H3,(H,16,17). The lowest BCUT2D eigenvalue weighted by Crippen LogP contribution is -2.19. The van der Waals surface area contributed by atoms with Crippen LogP contribution in [0.2, 0.25) is 0 Å². The lowest BCUT2D eigenvalue weighted by atomic mass is 10.0. The number of aryl methyl sites for hydroxylation is 1. The molecule has 18 heavy (non-hydrogen) atoms. The maximum atomic E-state index is 11.2. The molecule has 0 saturated heterocycles. The highest BCUT2D eigenvalue weighted by molar-refractivity contribution is 5.93. The van der Waals surface area contributed by atoms with Crippen molar-refractivity contribution in [3.05, 3.63) is 23.8 Å². The average molecular weight is 248 g/mol. The fourth-order valence-electron chi connectivity index (χ4n) is 2.01. The number of hydrogen-bond donors (Lipinski definition) is 2. The number of benzene rings is 1. The monoisotopic (exact) mass is 248 g/mol. The van der Waals surface area contributed by atoms with Gasteiger partial charge in [0.05, 0.1) is 6.61 Å². The lowest BCUT2D eigenvalue weighted by molar-refractivity contribution is -0.116. The molecule has 0 unspecified atom stereocenters. The van der Waals surface area contributed by atoms with E-state index in [-0.39, 0.29) is 5.91 Å². The van der Waals surface area contributed by atoms with Crippen LogP contribution in [0.4, 0.5) is 5.69 Å². The molecule has 0 fully saturated rings. The smallest absolute Gasteiger partial charge is 0.224 e. The zero-order valence-electron chi connectivity index (χ0n) is 10.8. The minimum atomic E-state index is 0.0989. The molecule has 1 heterocycles. The van der Waals surface area contributed by atoms with E-state index in [1.807, 2.05) is 18.2 Å². The van der Waals surface area contributed by atoms with Crippen molar-refractivity contribution in [2.24, 2.45) is 0 Å². The molecule has 1 aliphatic heterocycles. The van der Waals surface area contributed by atoms with Crippen molar-refractivity contribution in [2.75, 3.05) is 25.0 Å². The molecule has 1 aromatic rings. The molecule has 2 N–H and O–H groups in total. The van der Waals surface area contributed by atoms with Crippen molar-refractivity contribution in [2.45, 2.75) is 26.2 Å². The summed E-state index contributed by atoms with van der Waals surface area (Å²) in [6.45, 7) is 4.80. The molecule has 1 amide bonds. The Kier molecular flexibility index (Phi) is 4.59. The molecule has 0 atom stereocenters. The van der Waals surface area contributed by atoms with Crippen molar-refractivity contribution in [3.8, 4) is 5.75 Å². The largest absolute Gasteiger partial charge is 0.494 e. The van der Waals surface area contributed by atoms with Crippen molar-refractivity contribution >= 4 is 11.6 Å². The zero-order chi connectivity index (χ0) is 12.8. The fourth-order valence-corrected chi connectivity index (χ4v) is 2.01. The summed E-state index contributed by atoms with van der Waals surface area (Å²) in [7, 11) is 0. The summed E-state index contributed by atoms with van der Waals surface area (Å²) in [5.74, 6) is 0.989. The van der Waals surface area contributed by atoms with Crippen LogP contribution in [-0.2, 0) is 11.2 Å². The molecule has 1 aromatic carbocycles. The van der Waals surface area contributed by atoms with Crippen molar-refractivity contribution in [1.82, 2.24) is 5.32 Å². The Balaban J connectivity index is 1.85. The molecule has 0 radical (unpaired) electrons. The van der Waals surface area contributed by atoms with Gasteiger partial charge in [0.1, 0.15) is 5.75 Å². The Morgan fingerprint density at radius 3 is 3.11 bits per heavy atom. The van der Waals surface area contributed by atoms with Crippen LogP contribution in [0.5, 0.6) is 5.75 Å². The van der Waals surface area contributed by atoms with Crippen LogP contribution in [0.1, 0.15) is 25.3 Å². The van der Waals surface area contributed by atoms with E-state index in [0.717, 1.165) is 44.0 Å². The third kappa shape index (κ3) is 3.47. The second kappa shape index (κ2) is 6.40.